The first-order valence-electron chi connectivity index (χ1n) is 9.67. The van der Waals surface area contributed by atoms with Crippen molar-refractivity contribution in [3.63, 3.8) is 0 Å². The van der Waals surface area contributed by atoms with Crippen molar-refractivity contribution >= 4 is 17.5 Å². The summed E-state index contributed by atoms with van der Waals surface area (Å²) in [7, 11) is 0. The highest BCUT2D eigenvalue weighted by atomic mass is 35.5. The number of allylic oxidation sites excluding steroid dienone is 1. The highest BCUT2D eigenvalue weighted by Crippen LogP contribution is 2.40. The van der Waals surface area contributed by atoms with Crippen LogP contribution in [-0.4, -0.2) is 34.7 Å². The largest absolute Gasteiger partial charge is 0.522 e. The number of ether oxygens (including phenoxy) is 2. The Kier molecular flexibility index (Phi) is 5.94. The molecule has 1 N–H and O–H groups in total. The molecule has 4 rings (SSSR count). The van der Waals surface area contributed by atoms with Gasteiger partial charge < -0.3 is 14.5 Å². The van der Waals surface area contributed by atoms with Gasteiger partial charge >= 0.3 is 6.36 Å². The number of halogens is 4. The van der Waals surface area contributed by atoms with Gasteiger partial charge in [0.2, 0.25) is 11.8 Å². The molecule has 1 atom stereocenters. The molecule has 11 heteroatoms. The zero-order valence-electron chi connectivity index (χ0n) is 16.2. The zero-order valence-corrected chi connectivity index (χ0v) is 17.0. The van der Waals surface area contributed by atoms with Crippen LogP contribution in [-0.2, 0) is 22.4 Å². The van der Waals surface area contributed by atoms with Crippen molar-refractivity contribution in [3.8, 4) is 5.75 Å². The summed E-state index contributed by atoms with van der Waals surface area (Å²) in [6.45, 7) is 3.84. The second-order valence-corrected chi connectivity index (χ2v) is 7.98. The molecule has 166 valence electrons. The van der Waals surface area contributed by atoms with Gasteiger partial charge in [0.05, 0.1) is 6.10 Å². The predicted molar refractivity (Wildman–Crippen MR) is 102 cm³/mol. The molecule has 2 aromatic rings. The van der Waals surface area contributed by atoms with Crippen LogP contribution in [0.2, 0.25) is 5.02 Å². The summed E-state index contributed by atoms with van der Waals surface area (Å²) in [5.41, 5.74) is 1.33. The van der Waals surface area contributed by atoms with Crippen molar-refractivity contribution in [2.45, 2.75) is 56.6 Å². The molecule has 1 aromatic heterocycles. The molecular weight excluding hydrogens is 439 g/mol. The molecule has 0 bridgehead atoms. The van der Waals surface area contributed by atoms with Gasteiger partial charge in [-0.25, -0.2) is 0 Å². The number of fused-ring (bicyclic) bond motifs is 1. The maximum atomic E-state index is 12.4. The number of carbonyl (C=O) groups excluding carboxylic acids is 1. The van der Waals surface area contributed by atoms with Gasteiger partial charge in [-0.2, -0.15) is 0 Å². The average Bonchev–Trinajstić information content (AvgIpc) is 3.28. The third kappa shape index (κ3) is 5.37. The molecule has 1 unspecified atom stereocenters. The van der Waals surface area contributed by atoms with E-state index < -0.39 is 18.6 Å². The lowest BCUT2D eigenvalue weighted by Crippen LogP contribution is -2.36. The van der Waals surface area contributed by atoms with Crippen LogP contribution in [0.3, 0.4) is 0 Å². The fraction of sp³-hybridized carbons (Fsp3) is 0.450. The second-order valence-electron chi connectivity index (χ2n) is 7.54. The summed E-state index contributed by atoms with van der Waals surface area (Å²) in [5, 5.41) is 11.1. The number of alkyl halides is 3. The monoisotopic (exact) mass is 457 g/mol. The van der Waals surface area contributed by atoms with Crippen molar-refractivity contribution in [1.82, 2.24) is 15.5 Å². The molecule has 1 aliphatic heterocycles. The Labute approximate surface area is 180 Å². The Bertz CT molecular complexity index is 988. The van der Waals surface area contributed by atoms with Crippen LogP contribution in [0.5, 0.6) is 5.75 Å². The van der Waals surface area contributed by atoms with Gasteiger partial charge in [-0.05, 0) is 43.0 Å². The smallest absolute Gasteiger partial charge is 0.480 e. The van der Waals surface area contributed by atoms with Crippen molar-refractivity contribution < 1.29 is 31.9 Å². The van der Waals surface area contributed by atoms with E-state index in [9.17, 15) is 18.0 Å². The van der Waals surface area contributed by atoms with Crippen molar-refractivity contribution in [3.05, 3.63) is 52.8 Å². The first-order chi connectivity index (χ1) is 14.7. The SMILES string of the molecule is C=C(CCc1nnc(C2CC(OC(F)(F)F)C2)o1)NC(=O)C1Cc2cc(Cl)ccc2O1. The minimum Gasteiger partial charge on any atom is -0.480 e. The quantitative estimate of drug-likeness (QED) is 0.674. The highest BCUT2D eigenvalue weighted by molar-refractivity contribution is 6.30. The van der Waals surface area contributed by atoms with Crippen LogP contribution in [0.15, 0.2) is 34.9 Å². The Morgan fingerprint density at radius 1 is 1.32 bits per heavy atom. The third-order valence-corrected chi connectivity index (χ3v) is 5.39. The molecule has 7 nitrogen and oxygen atoms in total. The van der Waals surface area contributed by atoms with Gasteiger partial charge in [0.1, 0.15) is 5.75 Å². The number of aromatic nitrogens is 2. The molecule has 0 spiro atoms. The molecule has 31 heavy (non-hydrogen) atoms. The summed E-state index contributed by atoms with van der Waals surface area (Å²) in [6, 6.07) is 5.20. The lowest BCUT2D eigenvalue weighted by Gasteiger charge is -2.32. The van der Waals surface area contributed by atoms with Gasteiger partial charge in [-0.3, -0.25) is 9.53 Å². The van der Waals surface area contributed by atoms with Crippen molar-refractivity contribution in [1.29, 1.82) is 0 Å². The Morgan fingerprint density at radius 2 is 2.10 bits per heavy atom. The van der Waals surface area contributed by atoms with E-state index in [1.54, 1.807) is 18.2 Å². The van der Waals surface area contributed by atoms with Gasteiger partial charge in [0.25, 0.3) is 5.91 Å². The number of amides is 1. The minimum atomic E-state index is -4.64. The van der Waals surface area contributed by atoms with E-state index in [0.717, 1.165) is 5.56 Å². The molecule has 2 heterocycles. The van der Waals surface area contributed by atoms with Crippen molar-refractivity contribution in [2.75, 3.05) is 0 Å². The first kappa shape index (κ1) is 21.6. The molecule has 1 fully saturated rings. The fourth-order valence-electron chi connectivity index (χ4n) is 3.52. The molecule has 1 aromatic carbocycles. The van der Waals surface area contributed by atoms with E-state index in [1.165, 1.54) is 0 Å². The van der Waals surface area contributed by atoms with E-state index in [4.69, 9.17) is 20.8 Å². The van der Waals surface area contributed by atoms with Crippen LogP contribution in [0.25, 0.3) is 0 Å². The standard InChI is InChI=1S/C20H19ClF3N3O4/c1-10(25-18(28)16-9-11-6-13(21)3-4-15(11)29-16)2-5-17-26-27-19(30-17)12-7-14(8-12)31-20(22,23)24/h3-4,6,12,14,16H,1-2,5,7-9H2,(H,25,28). The van der Waals surface area contributed by atoms with Crippen LogP contribution in [0.4, 0.5) is 13.2 Å². The Balaban J connectivity index is 1.20. The molecule has 1 amide bonds. The number of carbonyl (C=O) groups is 1. The highest BCUT2D eigenvalue weighted by Gasteiger charge is 2.42. The number of aryl methyl sites for hydroxylation is 1. The van der Waals surface area contributed by atoms with Crippen LogP contribution in [0.1, 0.15) is 42.5 Å². The zero-order chi connectivity index (χ0) is 22.2. The molecular formula is C20H19ClF3N3O4. The fourth-order valence-corrected chi connectivity index (χ4v) is 3.72. The Morgan fingerprint density at radius 3 is 2.84 bits per heavy atom. The summed E-state index contributed by atoms with van der Waals surface area (Å²) in [4.78, 5) is 12.4. The van der Waals surface area contributed by atoms with Crippen LogP contribution in [0, 0.1) is 0 Å². The molecule has 0 radical (unpaired) electrons. The van der Waals surface area contributed by atoms with Gasteiger partial charge in [0.15, 0.2) is 6.10 Å². The van der Waals surface area contributed by atoms with Gasteiger partial charge in [-0.15, -0.1) is 23.4 Å². The first-order valence-corrected chi connectivity index (χ1v) is 10.0. The summed E-state index contributed by atoms with van der Waals surface area (Å²) in [6.07, 6.45) is -4.70. The lowest BCUT2D eigenvalue weighted by atomic mass is 9.82. The molecule has 1 aliphatic carbocycles. The average molecular weight is 458 g/mol. The normalized spacial score (nSPS) is 22.4. The summed E-state index contributed by atoms with van der Waals surface area (Å²) < 4.78 is 51.7. The minimum absolute atomic E-state index is 0.179. The van der Waals surface area contributed by atoms with E-state index in [-0.39, 0.29) is 24.7 Å². The summed E-state index contributed by atoms with van der Waals surface area (Å²) >= 11 is 5.96. The maximum absolute atomic E-state index is 12.4. The van der Waals surface area contributed by atoms with Crippen LogP contribution >= 0.6 is 11.6 Å². The van der Waals surface area contributed by atoms with E-state index >= 15 is 0 Å². The van der Waals surface area contributed by atoms with E-state index in [2.05, 4.69) is 26.8 Å². The Hall–Kier alpha value is -2.59. The molecule has 1 saturated carbocycles. The topological polar surface area (TPSA) is 86.5 Å². The molecule has 2 aliphatic rings. The summed E-state index contributed by atoms with van der Waals surface area (Å²) in [5.74, 6) is 0.694. The molecule has 0 saturated heterocycles. The van der Waals surface area contributed by atoms with Crippen molar-refractivity contribution in [2.24, 2.45) is 0 Å². The number of hydrogen-bond donors (Lipinski definition) is 1. The van der Waals surface area contributed by atoms with Gasteiger partial charge in [-0.1, -0.05) is 18.2 Å². The predicted octanol–water partition coefficient (Wildman–Crippen LogP) is 4.07. The van der Waals surface area contributed by atoms with E-state index in [1.807, 2.05) is 0 Å². The van der Waals surface area contributed by atoms with Gasteiger partial charge in [0, 0.05) is 29.5 Å². The number of rotatable bonds is 7. The van der Waals surface area contributed by atoms with E-state index in [0.29, 0.717) is 47.5 Å². The lowest BCUT2D eigenvalue weighted by molar-refractivity contribution is -0.352. The number of hydrogen-bond acceptors (Lipinski definition) is 6. The number of nitrogens with zero attached hydrogens (tertiary/aromatic N) is 2. The number of benzene rings is 1. The third-order valence-electron chi connectivity index (χ3n) is 5.16. The maximum Gasteiger partial charge on any atom is 0.522 e. The number of nitrogens with one attached hydrogen (secondary N) is 1. The van der Waals surface area contributed by atoms with Crippen LogP contribution < -0.4 is 10.1 Å². The second kappa shape index (κ2) is 8.51.